The molecular formula is C17H18N4O3. The Labute approximate surface area is 137 Å². The van der Waals surface area contributed by atoms with Gasteiger partial charge in [0.05, 0.1) is 12.2 Å². The summed E-state index contributed by atoms with van der Waals surface area (Å²) in [5, 5.41) is 14.8. The molecule has 1 aliphatic heterocycles. The zero-order valence-electron chi connectivity index (χ0n) is 13.1. The molecule has 4 rings (SSSR count). The van der Waals surface area contributed by atoms with Crippen LogP contribution in [-0.2, 0) is 11.2 Å². The number of para-hydroxylation sites is 1. The van der Waals surface area contributed by atoms with Crippen LogP contribution in [0.2, 0.25) is 0 Å². The molecule has 0 spiro atoms. The second-order valence-corrected chi connectivity index (χ2v) is 5.99. The minimum Gasteiger partial charge on any atom is -0.508 e. The van der Waals surface area contributed by atoms with Crippen molar-refractivity contribution >= 4 is 11.0 Å². The molecule has 1 aromatic carbocycles. The molecule has 2 aromatic heterocycles. The van der Waals surface area contributed by atoms with E-state index < -0.39 is 0 Å². The van der Waals surface area contributed by atoms with Crippen LogP contribution in [0.1, 0.15) is 30.3 Å². The van der Waals surface area contributed by atoms with Crippen molar-refractivity contribution in [3.63, 3.8) is 0 Å². The standard InChI is InChI=1S/C17H18N4O3/c22-14-4-2-1-3-11(14)9-15-19-16-13(17(23)20-15)10-18-21(16)12-5-7-24-8-6-12/h1-4,10,12,22H,5-9H2,(H,19,20,23). The van der Waals surface area contributed by atoms with Crippen LogP contribution in [0.5, 0.6) is 5.75 Å². The number of rotatable bonds is 3. The average Bonchev–Trinajstić information content (AvgIpc) is 3.02. The smallest absolute Gasteiger partial charge is 0.262 e. The molecule has 0 radical (unpaired) electrons. The Hall–Kier alpha value is -2.67. The first-order valence-electron chi connectivity index (χ1n) is 8.03. The maximum absolute atomic E-state index is 12.3. The molecule has 0 unspecified atom stereocenters. The van der Waals surface area contributed by atoms with Crippen LogP contribution in [0.4, 0.5) is 0 Å². The van der Waals surface area contributed by atoms with Gasteiger partial charge in [0.25, 0.3) is 5.56 Å². The quantitative estimate of drug-likeness (QED) is 0.765. The number of phenols is 1. The first-order valence-corrected chi connectivity index (χ1v) is 8.03. The molecule has 2 N–H and O–H groups in total. The topological polar surface area (TPSA) is 93.0 Å². The molecule has 3 aromatic rings. The van der Waals surface area contributed by atoms with Gasteiger partial charge in [-0.2, -0.15) is 5.10 Å². The monoisotopic (exact) mass is 326 g/mol. The lowest BCUT2D eigenvalue weighted by Crippen LogP contribution is -2.21. The van der Waals surface area contributed by atoms with E-state index in [9.17, 15) is 9.90 Å². The molecule has 124 valence electrons. The van der Waals surface area contributed by atoms with E-state index in [4.69, 9.17) is 4.74 Å². The third kappa shape index (κ3) is 2.67. The van der Waals surface area contributed by atoms with Crippen molar-refractivity contribution in [1.82, 2.24) is 19.7 Å². The number of aromatic nitrogens is 4. The van der Waals surface area contributed by atoms with Crippen LogP contribution >= 0.6 is 0 Å². The number of hydrogen-bond donors (Lipinski definition) is 2. The summed E-state index contributed by atoms with van der Waals surface area (Å²) in [5.41, 5.74) is 1.11. The third-order valence-corrected chi connectivity index (χ3v) is 4.40. The number of fused-ring (bicyclic) bond motifs is 1. The summed E-state index contributed by atoms with van der Waals surface area (Å²) in [4.78, 5) is 19.7. The molecular weight excluding hydrogens is 308 g/mol. The molecule has 7 heteroatoms. The van der Waals surface area contributed by atoms with Crippen LogP contribution in [-0.4, -0.2) is 38.1 Å². The Bertz CT molecular complexity index is 925. The molecule has 0 amide bonds. The van der Waals surface area contributed by atoms with Gasteiger partial charge in [-0.25, -0.2) is 9.67 Å². The first kappa shape index (κ1) is 14.9. The number of benzene rings is 1. The van der Waals surface area contributed by atoms with E-state index in [-0.39, 0.29) is 17.4 Å². The fraction of sp³-hybridized carbons (Fsp3) is 0.353. The van der Waals surface area contributed by atoms with Crippen molar-refractivity contribution < 1.29 is 9.84 Å². The summed E-state index contributed by atoms with van der Waals surface area (Å²) < 4.78 is 7.23. The van der Waals surface area contributed by atoms with Gasteiger partial charge >= 0.3 is 0 Å². The Morgan fingerprint density at radius 3 is 2.88 bits per heavy atom. The maximum atomic E-state index is 12.3. The molecule has 1 aliphatic rings. The van der Waals surface area contributed by atoms with E-state index in [1.54, 1.807) is 18.3 Å². The summed E-state index contributed by atoms with van der Waals surface area (Å²) in [6.07, 6.45) is 3.65. The summed E-state index contributed by atoms with van der Waals surface area (Å²) in [6.45, 7) is 1.39. The zero-order chi connectivity index (χ0) is 16.5. The van der Waals surface area contributed by atoms with Crippen molar-refractivity contribution in [1.29, 1.82) is 0 Å². The van der Waals surface area contributed by atoms with Crippen LogP contribution in [0.15, 0.2) is 35.3 Å². The van der Waals surface area contributed by atoms with Gasteiger partial charge in [0, 0.05) is 25.2 Å². The highest BCUT2D eigenvalue weighted by Gasteiger charge is 2.20. The fourth-order valence-corrected chi connectivity index (χ4v) is 3.10. The lowest BCUT2D eigenvalue weighted by atomic mass is 10.1. The van der Waals surface area contributed by atoms with Gasteiger partial charge in [0.2, 0.25) is 0 Å². The summed E-state index contributed by atoms with van der Waals surface area (Å²) >= 11 is 0. The number of ether oxygens (including phenoxy) is 1. The Kier molecular flexibility index (Phi) is 3.78. The Morgan fingerprint density at radius 1 is 1.29 bits per heavy atom. The fourth-order valence-electron chi connectivity index (χ4n) is 3.10. The van der Waals surface area contributed by atoms with Gasteiger partial charge < -0.3 is 14.8 Å². The molecule has 0 bridgehead atoms. The maximum Gasteiger partial charge on any atom is 0.262 e. The normalized spacial score (nSPS) is 15.8. The van der Waals surface area contributed by atoms with Crippen molar-refractivity contribution in [2.75, 3.05) is 13.2 Å². The summed E-state index contributed by atoms with van der Waals surface area (Å²) in [6, 6.07) is 7.24. The zero-order valence-corrected chi connectivity index (χ0v) is 13.1. The molecule has 24 heavy (non-hydrogen) atoms. The average molecular weight is 326 g/mol. The number of phenolic OH excluding ortho intramolecular Hbond substituents is 1. The van der Waals surface area contributed by atoms with Gasteiger partial charge in [0.1, 0.15) is 17.0 Å². The lowest BCUT2D eigenvalue weighted by Gasteiger charge is -2.22. The van der Waals surface area contributed by atoms with Crippen LogP contribution < -0.4 is 5.56 Å². The van der Waals surface area contributed by atoms with E-state index in [1.165, 1.54) is 0 Å². The molecule has 0 atom stereocenters. The lowest BCUT2D eigenvalue weighted by molar-refractivity contribution is 0.0673. The predicted molar refractivity (Wildman–Crippen MR) is 88.2 cm³/mol. The number of hydrogen-bond acceptors (Lipinski definition) is 5. The number of aromatic amines is 1. The minimum absolute atomic E-state index is 0.193. The van der Waals surface area contributed by atoms with Crippen molar-refractivity contribution in [3.05, 3.63) is 52.2 Å². The van der Waals surface area contributed by atoms with E-state index >= 15 is 0 Å². The third-order valence-electron chi connectivity index (χ3n) is 4.40. The highest BCUT2D eigenvalue weighted by molar-refractivity contribution is 5.73. The van der Waals surface area contributed by atoms with E-state index in [0.29, 0.717) is 36.5 Å². The molecule has 7 nitrogen and oxygen atoms in total. The summed E-state index contributed by atoms with van der Waals surface area (Å²) in [5.74, 6) is 0.709. The Balaban J connectivity index is 1.75. The SMILES string of the molecule is O=c1[nH]c(Cc2ccccc2O)nc2c1cnn2C1CCOCC1. The number of nitrogens with one attached hydrogen (secondary N) is 1. The van der Waals surface area contributed by atoms with Gasteiger partial charge in [0.15, 0.2) is 5.65 Å². The molecule has 0 aliphatic carbocycles. The first-order chi connectivity index (χ1) is 11.7. The van der Waals surface area contributed by atoms with E-state index in [0.717, 1.165) is 18.4 Å². The Morgan fingerprint density at radius 2 is 2.08 bits per heavy atom. The second kappa shape index (κ2) is 6.09. The molecule has 1 saturated heterocycles. The molecule has 0 saturated carbocycles. The predicted octanol–water partition coefficient (Wildman–Crippen LogP) is 1.77. The molecule has 1 fully saturated rings. The number of H-pyrrole nitrogens is 1. The van der Waals surface area contributed by atoms with Crippen molar-refractivity contribution in [2.45, 2.75) is 25.3 Å². The largest absolute Gasteiger partial charge is 0.508 e. The van der Waals surface area contributed by atoms with Crippen LogP contribution in [0.3, 0.4) is 0 Å². The second-order valence-electron chi connectivity index (χ2n) is 5.99. The highest BCUT2D eigenvalue weighted by atomic mass is 16.5. The van der Waals surface area contributed by atoms with Gasteiger partial charge in [-0.1, -0.05) is 18.2 Å². The van der Waals surface area contributed by atoms with Crippen LogP contribution in [0, 0.1) is 0 Å². The van der Waals surface area contributed by atoms with Gasteiger partial charge in [-0.05, 0) is 18.9 Å². The number of nitrogens with zero attached hydrogens (tertiary/aromatic N) is 3. The minimum atomic E-state index is -0.205. The highest BCUT2D eigenvalue weighted by Crippen LogP contribution is 2.24. The van der Waals surface area contributed by atoms with Gasteiger partial charge in [-0.15, -0.1) is 0 Å². The van der Waals surface area contributed by atoms with E-state index in [1.807, 2.05) is 16.8 Å². The van der Waals surface area contributed by atoms with Crippen molar-refractivity contribution in [3.8, 4) is 5.75 Å². The summed E-state index contributed by atoms with van der Waals surface area (Å²) in [7, 11) is 0. The van der Waals surface area contributed by atoms with E-state index in [2.05, 4.69) is 15.1 Å². The van der Waals surface area contributed by atoms with Crippen LogP contribution in [0.25, 0.3) is 11.0 Å². The van der Waals surface area contributed by atoms with Gasteiger partial charge in [-0.3, -0.25) is 4.79 Å². The number of aromatic hydroxyl groups is 1. The van der Waals surface area contributed by atoms with Crippen molar-refractivity contribution in [2.24, 2.45) is 0 Å². The molecule has 3 heterocycles.